The smallest absolute Gasteiger partial charge is 0.335 e. The predicted octanol–water partition coefficient (Wildman–Crippen LogP) is 2.55. The topological polar surface area (TPSA) is 62.7 Å². The first-order valence-electron chi connectivity index (χ1n) is 6.80. The first kappa shape index (κ1) is 16.4. The summed E-state index contributed by atoms with van der Waals surface area (Å²) >= 11 is 0. The van der Waals surface area contributed by atoms with Gasteiger partial charge in [-0.15, -0.1) is 0 Å². The molecule has 0 fully saturated rings. The molecule has 1 aromatic heterocycles. The Labute approximate surface area is 120 Å². The van der Waals surface area contributed by atoms with Gasteiger partial charge in [-0.25, -0.2) is 9.78 Å². The highest BCUT2D eigenvalue weighted by molar-refractivity contribution is 5.88. The molecule has 0 aliphatic rings. The Kier molecular flexibility index (Phi) is 5.51. The van der Waals surface area contributed by atoms with Gasteiger partial charge in [-0.2, -0.15) is 0 Å². The van der Waals surface area contributed by atoms with Crippen molar-refractivity contribution in [3.8, 4) is 0 Å². The number of pyridine rings is 1. The van der Waals surface area contributed by atoms with Crippen LogP contribution in [0.3, 0.4) is 0 Å². The van der Waals surface area contributed by atoms with Crippen LogP contribution >= 0.6 is 0 Å². The van der Waals surface area contributed by atoms with Crippen LogP contribution in [0, 0.1) is 0 Å². The maximum Gasteiger partial charge on any atom is 0.335 e. The Balaban J connectivity index is 3.06. The van der Waals surface area contributed by atoms with E-state index in [0.29, 0.717) is 25.6 Å². The van der Waals surface area contributed by atoms with Crippen LogP contribution in [0.2, 0.25) is 0 Å². The normalized spacial score (nSPS) is 11.4. The van der Waals surface area contributed by atoms with Crippen molar-refractivity contribution in [1.82, 2.24) is 4.98 Å². The summed E-state index contributed by atoms with van der Waals surface area (Å²) in [5, 5.41) is 9.22. The van der Waals surface area contributed by atoms with Gasteiger partial charge in [0, 0.05) is 31.3 Å². The molecular formula is C15H24N2O3. The van der Waals surface area contributed by atoms with Gasteiger partial charge in [0.25, 0.3) is 0 Å². The molecule has 0 saturated heterocycles. The largest absolute Gasteiger partial charge is 0.478 e. The third-order valence-corrected chi connectivity index (χ3v) is 2.99. The fourth-order valence-electron chi connectivity index (χ4n) is 1.68. The number of aromatic nitrogens is 1. The monoisotopic (exact) mass is 280 g/mol. The van der Waals surface area contributed by atoms with Crippen LogP contribution < -0.4 is 4.90 Å². The minimum atomic E-state index is -0.933. The summed E-state index contributed by atoms with van der Waals surface area (Å²) in [5.74, 6) is -0.271. The van der Waals surface area contributed by atoms with Gasteiger partial charge in [0.15, 0.2) is 0 Å². The van der Waals surface area contributed by atoms with Crippen LogP contribution in [0.25, 0.3) is 0 Å². The molecule has 5 heteroatoms. The molecule has 0 bridgehead atoms. The Bertz CT molecular complexity index is 467. The summed E-state index contributed by atoms with van der Waals surface area (Å²) in [6.07, 6.45) is 0. The standard InChI is InChI=1S/C15H24N2O3/c1-6-20-8-7-17(5)13-10-11(14(18)19)9-12(16-13)15(2,3)4/h9-10H,6-8H2,1-5H3,(H,18,19). The van der Waals surface area contributed by atoms with E-state index in [-0.39, 0.29) is 11.0 Å². The van der Waals surface area contributed by atoms with E-state index in [9.17, 15) is 9.90 Å². The number of carboxylic acids is 1. The number of nitrogens with zero attached hydrogens (tertiary/aromatic N) is 2. The number of aromatic carboxylic acids is 1. The van der Waals surface area contributed by atoms with E-state index in [2.05, 4.69) is 4.98 Å². The zero-order chi connectivity index (χ0) is 15.3. The summed E-state index contributed by atoms with van der Waals surface area (Å²) in [4.78, 5) is 17.7. The molecular weight excluding hydrogens is 256 g/mol. The molecule has 1 heterocycles. The van der Waals surface area contributed by atoms with E-state index < -0.39 is 5.97 Å². The van der Waals surface area contributed by atoms with Gasteiger partial charge >= 0.3 is 5.97 Å². The zero-order valence-electron chi connectivity index (χ0n) is 12.9. The average molecular weight is 280 g/mol. The number of carbonyl (C=O) groups is 1. The third-order valence-electron chi connectivity index (χ3n) is 2.99. The lowest BCUT2D eigenvalue weighted by Crippen LogP contribution is -2.25. The van der Waals surface area contributed by atoms with Gasteiger partial charge in [0.1, 0.15) is 5.82 Å². The molecule has 5 nitrogen and oxygen atoms in total. The van der Waals surface area contributed by atoms with Crippen LogP contribution in [0.4, 0.5) is 5.82 Å². The molecule has 1 aromatic rings. The molecule has 0 amide bonds. The van der Waals surface area contributed by atoms with E-state index in [1.54, 1.807) is 12.1 Å². The first-order valence-corrected chi connectivity index (χ1v) is 6.80. The molecule has 0 aliphatic heterocycles. The number of carboxylic acid groups (broad SMARTS) is 1. The van der Waals surface area contributed by atoms with E-state index in [1.807, 2.05) is 39.6 Å². The van der Waals surface area contributed by atoms with Crippen molar-refractivity contribution >= 4 is 11.8 Å². The van der Waals surface area contributed by atoms with Gasteiger partial charge in [0.2, 0.25) is 0 Å². The summed E-state index contributed by atoms with van der Waals surface area (Å²) in [7, 11) is 1.89. The van der Waals surface area contributed by atoms with Gasteiger partial charge in [-0.05, 0) is 19.1 Å². The SMILES string of the molecule is CCOCCN(C)c1cc(C(=O)O)cc(C(C)(C)C)n1. The number of hydrogen-bond acceptors (Lipinski definition) is 4. The summed E-state index contributed by atoms with van der Waals surface area (Å²) in [6, 6.07) is 3.24. The zero-order valence-corrected chi connectivity index (χ0v) is 12.9. The van der Waals surface area contributed by atoms with Crippen molar-refractivity contribution < 1.29 is 14.6 Å². The van der Waals surface area contributed by atoms with Gasteiger partial charge in [-0.3, -0.25) is 0 Å². The summed E-state index contributed by atoms with van der Waals surface area (Å²) in [6.45, 7) is 9.94. The number of hydrogen-bond donors (Lipinski definition) is 1. The molecule has 20 heavy (non-hydrogen) atoms. The second-order valence-electron chi connectivity index (χ2n) is 5.77. The molecule has 112 valence electrons. The quantitative estimate of drug-likeness (QED) is 0.811. The highest BCUT2D eigenvalue weighted by Crippen LogP contribution is 2.24. The molecule has 0 radical (unpaired) electrons. The maximum absolute atomic E-state index is 11.2. The van der Waals surface area contributed by atoms with E-state index in [1.165, 1.54) is 0 Å². The molecule has 1 rings (SSSR count). The number of rotatable bonds is 6. The molecule has 0 unspecified atom stereocenters. The molecule has 0 aliphatic carbocycles. The van der Waals surface area contributed by atoms with E-state index in [4.69, 9.17) is 4.74 Å². The van der Waals surface area contributed by atoms with Crippen LogP contribution in [-0.4, -0.2) is 42.9 Å². The van der Waals surface area contributed by atoms with Gasteiger partial charge in [-0.1, -0.05) is 20.8 Å². The van der Waals surface area contributed by atoms with Crippen LogP contribution in [0.15, 0.2) is 12.1 Å². The van der Waals surface area contributed by atoms with Crippen LogP contribution in [0.5, 0.6) is 0 Å². The van der Waals surface area contributed by atoms with E-state index >= 15 is 0 Å². The summed E-state index contributed by atoms with van der Waals surface area (Å²) in [5.41, 5.74) is 0.847. The van der Waals surface area contributed by atoms with Crippen molar-refractivity contribution in [3.05, 3.63) is 23.4 Å². The molecule has 0 atom stereocenters. The Hall–Kier alpha value is -1.62. The molecule has 0 aromatic carbocycles. The lowest BCUT2D eigenvalue weighted by Gasteiger charge is -2.23. The van der Waals surface area contributed by atoms with Gasteiger partial charge < -0.3 is 14.7 Å². The minimum Gasteiger partial charge on any atom is -0.478 e. The van der Waals surface area contributed by atoms with Crippen molar-refractivity contribution in [2.75, 3.05) is 31.7 Å². The highest BCUT2D eigenvalue weighted by atomic mass is 16.5. The Morgan fingerprint density at radius 3 is 2.55 bits per heavy atom. The molecule has 0 spiro atoms. The Morgan fingerprint density at radius 2 is 2.05 bits per heavy atom. The highest BCUT2D eigenvalue weighted by Gasteiger charge is 2.20. The van der Waals surface area contributed by atoms with E-state index in [0.717, 1.165) is 5.69 Å². The second kappa shape index (κ2) is 6.70. The lowest BCUT2D eigenvalue weighted by molar-refractivity contribution is 0.0696. The number of anilines is 1. The van der Waals surface area contributed by atoms with Crippen molar-refractivity contribution in [1.29, 1.82) is 0 Å². The van der Waals surface area contributed by atoms with Crippen LogP contribution in [-0.2, 0) is 10.2 Å². The molecule has 0 saturated carbocycles. The fourth-order valence-corrected chi connectivity index (χ4v) is 1.68. The minimum absolute atomic E-state index is 0.193. The maximum atomic E-state index is 11.2. The van der Waals surface area contributed by atoms with Crippen molar-refractivity contribution in [3.63, 3.8) is 0 Å². The average Bonchev–Trinajstić information content (AvgIpc) is 2.37. The van der Waals surface area contributed by atoms with Crippen LogP contribution in [0.1, 0.15) is 43.7 Å². The van der Waals surface area contributed by atoms with Crippen molar-refractivity contribution in [2.24, 2.45) is 0 Å². The Morgan fingerprint density at radius 1 is 1.40 bits per heavy atom. The predicted molar refractivity (Wildman–Crippen MR) is 79.7 cm³/mol. The first-order chi connectivity index (χ1) is 9.25. The third kappa shape index (κ3) is 4.49. The number of likely N-dealkylation sites (N-methyl/N-ethyl adjacent to an activating group) is 1. The second-order valence-corrected chi connectivity index (χ2v) is 5.77. The van der Waals surface area contributed by atoms with Gasteiger partial charge in [0.05, 0.1) is 12.2 Å². The summed E-state index contributed by atoms with van der Waals surface area (Å²) < 4.78 is 5.32. The van der Waals surface area contributed by atoms with Crippen molar-refractivity contribution in [2.45, 2.75) is 33.1 Å². The molecule has 1 N–H and O–H groups in total. The lowest BCUT2D eigenvalue weighted by atomic mass is 9.90. The fraction of sp³-hybridized carbons (Fsp3) is 0.600. The number of ether oxygens (including phenoxy) is 1.